The van der Waals surface area contributed by atoms with Gasteiger partial charge in [-0.05, 0) is 0 Å². The maximum atomic E-state index is 9.47. The van der Waals surface area contributed by atoms with Crippen molar-refractivity contribution >= 4 is 5.97 Å². The van der Waals surface area contributed by atoms with Crippen LogP contribution in [0.1, 0.15) is 1.43 Å². The summed E-state index contributed by atoms with van der Waals surface area (Å²) >= 11 is 0. The molecule has 0 aliphatic carbocycles. The van der Waals surface area contributed by atoms with Crippen molar-refractivity contribution in [3.63, 3.8) is 0 Å². The van der Waals surface area contributed by atoms with Gasteiger partial charge in [0.25, 0.3) is 0 Å². The molecule has 4 heteroatoms. The normalized spacial score (nSPS) is 7.00. The van der Waals surface area contributed by atoms with Crippen LogP contribution in [-0.4, -0.2) is 24.8 Å². The Hall–Kier alpha value is 1.07. The first-order chi connectivity index (χ1) is 2.77. The molecule has 38 valence electrons. The smallest absolute Gasteiger partial charge is 1.00 e. The third kappa shape index (κ3) is 11.0. The molecule has 0 aliphatic rings. The van der Waals surface area contributed by atoms with Gasteiger partial charge in [0.1, 0.15) is 6.61 Å². The van der Waals surface area contributed by atoms with E-state index in [4.69, 9.17) is 5.11 Å². The maximum absolute atomic E-state index is 9.47. The predicted molar refractivity (Wildman–Crippen MR) is 20.6 cm³/mol. The van der Waals surface area contributed by atoms with E-state index in [0.29, 0.717) is 0 Å². The number of carbonyl (C=O) groups is 1. The molecule has 0 bridgehead atoms. The summed E-state index contributed by atoms with van der Waals surface area (Å²) in [5.41, 5.74) is 0. The molecule has 0 heterocycles. The van der Waals surface area contributed by atoms with Gasteiger partial charge in [0.2, 0.25) is 0 Å². The van der Waals surface area contributed by atoms with E-state index in [9.17, 15) is 4.79 Å². The van der Waals surface area contributed by atoms with Crippen LogP contribution in [0.5, 0.6) is 0 Å². The van der Waals surface area contributed by atoms with Crippen molar-refractivity contribution in [2.24, 2.45) is 0 Å². The fourth-order valence-electron chi connectivity index (χ4n) is 0.123. The quantitative estimate of drug-likeness (QED) is 0.401. The summed E-state index contributed by atoms with van der Waals surface area (Å²) in [5.74, 6) is -0.933. The van der Waals surface area contributed by atoms with Crippen molar-refractivity contribution in [2.75, 3.05) is 13.7 Å². The Labute approximate surface area is 85.9 Å². The summed E-state index contributed by atoms with van der Waals surface area (Å²) in [6, 6.07) is 0. The average Bonchev–Trinajstić information content (AvgIpc) is 1.35. The SMILES string of the molecule is COCC(=O)O.[H-].[K+]. The summed E-state index contributed by atoms with van der Waals surface area (Å²) < 4.78 is 4.20. The minimum absolute atomic E-state index is 0. The van der Waals surface area contributed by atoms with Crippen molar-refractivity contribution in [3.8, 4) is 0 Å². The second kappa shape index (κ2) is 7.07. The number of hydrogen-bond acceptors (Lipinski definition) is 2. The van der Waals surface area contributed by atoms with Gasteiger partial charge < -0.3 is 11.3 Å². The van der Waals surface area contributed by atoms with Crippen molar-refractivity contribution in [3.05, 3.63) is 0 Å². The Balaban J connectivity index is -0.000000125. The first-order valence-electron chi connectivity index (χ1n) is 1.48. The zero-order chi connectivity index (χ0) is 4.99. The Kier molecular flexibility index (Phi) is 11.0. The zero-order valence-corrected chi connectivity index (χ0v) is 7.59. The molecular formula is C3H7KO3. The number of ether oxygens (including phenoxy) is 1. The van der Waals surface area contributed by atoms with Crippen LogP contribution in [0.25, 0.3) is 0 Å². The van der Waals surface area contributed by atoms with Crippen LogP contribution >= 0.6 is 0 Å². The summed E-state index contributed by atoms with van der Waals surface area (Å²) in [6.07, 6.45) is 0. The molecule has 0 rings (SSSR count). The molecule has 0 radical (unpaired) electrons. The van der Waals surface area contributed by atoms with Gasteiger partial charge in [-0.15, -0.1) is 0 Å². The predicted octanol–water partition coefficient (Wildman–Crippen LogP) is -3.17. The van der Waals surface area contributed by atoms with Crippen LogP contribution in [0.15, 0.2) is 0 Å². The molecule has 0 atom stereocenters. The molecule has 0 saturated carbocycles. The monoisotopic (exact) mass is 130 g/mol. The summed E-state index contributed by atoms with van der Waals surface area (Å²) in [7, 11) is 1.34. The Morgan fingerprint density at radius 1 is 2.00 bits per heavy atom. The van der Waals surface area contributed by atoms with Gasteiger partial charge in [0.15, 0.2) is 0 Å². The first-order valence-corrected chi connectivity index (χ1v) is 1.48. The summed E-state index contributed by atoms with van der Waals surface area (Å²) in [6.45, 7) is -0.208. The summed E-state index contributed by atoms with van der Waals surface area (Å²) in [5, 5.41) is 7.79. The van der Waals surface area contributed by atoms with Gasteiger partial charge in [-0.25, -0.2) is 4.79 Å². The second-order valence-corrected chi connectivity index (χ2v) is 0.827. The van der Waals surface area contributed by atoms with E-state index in [2.05, 4.69) is 4.74 Å². The fraction of sp³-hybridized carbons (Fsp3) is 0.667. The van der Waals surface area contributed by atoms with E-state index in [1.165, 1.54) is 7.11 Å². The average molecular weight is 130 g/mol. The number of rotatable bonds is 2. The number of carboxylic acid groups (broad SMARTS) is 1. The third-order valence-electron chi connectivity index (χ3n) is 0.268. The molecular weight excluding hydrogens is 123 g/mol. The van der Waals surface area contributed by atoms with Crippen LogP contribution in [0.4, 0.5) is 0 Å². The molecule has 0 spiro atoms. The van der Waals surface area contributed by atoms with Crippen LogP contribution in [0, 0.1) is 0 Å². The molecule has 0 aromatic heterocycles. The largest absolute Gasteiger partial charge is 1.00 e. The van der Waals surface area contributed by atoms with E-state index in [0.717, 1.165) is 0 Å². The van der Waals surface area contributed by atoms with Gasteiger partial charge in [-0.2, -0.15) is 0 Å². The molecule has 7 heavy (non-hydrogen) atoms. The number of hydrogen-bond donors (Lipinski definition) is 1. The number of carboxylic acids is 1. The second-order valence-electron chi connectivity index (χ2n) is 0.827. The van der Waals surface area contributed by atoms with Crippen molar-refractivity contribution in [1.29, 1.82) is 0 Å². The van der Waals surface area contributed by atoms with Gasteiger partial charge in [-0.1, -0.05) is 0 Å². The van der Waals surface area contributed by atoms with Gasteiger partial charge in [0, 0.05) is 7.11 Å². The van der Waals surface area contributed by atoms with E-state index in [-0.39, 0.29) is 59.4 Å². The maximum Gasteiger partial charge on any atom is 1.00 e. The van der Waals surface area contributed by atoms with Crippen LogP contribution < -0.4 is 51.4 Å². The molecule has 0 aromatic rings. The fourth-order valence-corrected chi connectivity index (χ4v) is 0.123. The molecule has 0 amide bonds. The van der Waals surface area contributed by atoms with Crippen molar-refractivity contribution < 1.29 is 67.4 Å². The Bertz CT molecular complexity index is 58.5. The van der Waals surface area contributed by atoms with E-state index >= 15 is 0 Å². The molecule has 0 saturated heterocycles. The molecule has 0 fully saturated rings. The Morgan fingerprint density at radius 2 is 2.43 bits per heavy atom. The molecule has 0 aliphatic heterocycles. The topological polar surface area (TPSA) is 46.5 Å². The van der Waals surface area contributed by atoms with Crippen LogP contribution in [0.2, 0.25) is 0 Å². The van der Waals surface area contributed by atoms with E-state index in [1.54, 1.807) is 0 Å². The minimum Gasteiger partial charge on any atom is -1.00 e. The third-order valence-corrected chi connectivity index (χ3v) is 0.268. The van der Waals surface area contributed by atoms with Crippen LogP contribution in [0.3, 0.4) is 0 Å². The zero-order valence-electron chi connectivity index (χ0n) is 5.47. The minimum atomic E-state index is -0.933. The van der Waals surface area contributed by atoms with Gasteiger partial charge in [-0.3, -0.25) is 0 Å². The Morgan fingerprint density at radius 3 is 2.43 bits per heavy atom. The molecule has 0 aromatic carbocycles. The van der Waals surface area contributed by atoms with Crippen molar-refractivity contribution in [1.82, 2.24) is 0 Å². The van der Waals surface area contributed by atoms with Crippen LogP contribution in [-0.2, 0) is 9.53 Å². The van der Waals surface area contributed by atoms with Gasteiger partial charge >= 0.3 is 57.4 Å². The number of aliphatic carboxylic acids is 1. The van der Waals surface area contributed by atoms with E-state index < -0.39 is 5.97 Å². The summed E-state index contributed by atoms with van der Waals surface area (Å²) in [4.78, 5) is 9.47. The van der Waals surface area contributed by atoms with Gasteiger partial charge in [0.05, 0.1) is 0 Å². The molecule has 1 N–H and O–H groups in total. The number of methoxy groups -OCH3 is 1. The van der Waals surface area contributed by atoms with Crippen molar-refractivity contribution in [2.45, 2.75) is 0 Å². The first kappa shape index (κ1) is 10.9. The molecule has 3 nitrogen and oxygen atoms in total. The van der Waals surface area contributed by atoms with E-state index in [1.807, 2.05) is 0 Å². The molecule has 0 unspecified atom stereocenters. The standard InChI is InChI=1S/C3H6O3.K.H/c1-6-2-3(4)5;;/h2H2,1H3,(H,4,5);;/q;+1;-1.